The molecule has 3 nitrogen and oxygen atoms in total. The van der Waals surface area contributed by atoms with Crippen LogP contribution in [0.25, 0.3) is 0 Å². The van der Waals surface area contributed by atoms with Gasteiger partial charge in [-0.1, -0.05) is 0 Å². The van der Waals surface area contributed by atoms with Gasteiger partial charge in [0.25, 0.3) is 0 Å². The number of ketones is 1. The Hall–Kier alpha value is -0.410. The fourth-order valence-corrected chi connectivity index (χ4v) is 2.31. The summed E-state index contributed by atoms with van der Waals surface area (Å²) in [5, 5.41) is 0. The Bertz CT molecular complexity index is 183. The normalized spacial score (nSPS) is 41.4. The van der Waals surface area contributed by atoms with Crippen LogP contribution < -0.4 is 5.73 Å². The molecule has 0 spiro atoms. The van der Waals surface area contributed by atoms with Gasteiger partial charge in [0.05, 0.1) is 6.54 Å². The van der Waals surface area contributed by atoms with Crippen LogP contribution in [-0.2, 0) is 4.79 Å². The molecule has 2 aliphatic heterocycles. The van der Waals surface area contributed by atoms with Gasteiger partial charge in [-0.2, -0.15) is 0 Å². The minimum Gasteiger partial charge on any atom is -0.324 e. The molecular weight excluding hydrogens is 140 g/mol. The second-order valence-electron chi connectivity index (χ2n) is 3.68. The molecule has 62 valence electrons. The van der Waals surface area contributed by atoms with Crippen molar-refractivity contribution in [3.05, 3.63) is 0 Å². The molecule has 0 aromatic rings. The SMILES string of the molecule is NCC(=O)C12CCN(CC1)C2. The molecule has 0 atom stereocenters. The van der Waals surface area contributed by atoms with Crippen LogP contribution >= 0.6 is 0 Å². The van der Waals surface area contributed by atoms with Gasteiger partial charge in [0.2, 0.25) is 0 Å². The quantitative estimate of drug-likeness (QED) is 0.589. The van der Waals surface area contributed by atoms with Crippen LogP contribution in [0.4, 0.5) is 0 Å². The van der Waals surface area contributed by atoms with E-state index >= 15 is 0 Å². The molecular formula is C8H14N2O. The zero-order valence-corrected chi connectivity index (χ0v) is 6.68. The summed E-state index contributed by atoms with van der Waals surface area (Å²) in [6.45, 7) is 3.41. The summed E-state index contributed by atoms with van der Waals surface area (Å²) in [6.07, 6.45) is 2.09. The van der Waals surface area contributed by atoms with Crippen molar-refractivity contribution in [3.63, 3.8) is 0 Å². The van der Waals surface area contributed by atoms with Gasteiger partial charge < -0.3 is 10.6 Å². The number of rotatable bonds is 2. The Balaban J connectivity index is 2.16. The Morgan fingerprint density at radius 3 is 2.45 bits per heavy atom. The van der Waals surface area contributed by atoms with Crippen LogP contribution in [0, 0.1) is 5.41 Å². The predicted octanol–water partition coefficient (Wildman–Crippen LogP) is -0.390. The van der Waals surface area contributed by atoms with E-state index in [4.69, 9.17) is 5.73 Å². The first-order chi connectivity index (χ1) is 5.27. The van der Waals surface area contributed by atoms with Gasteiger partial charge in [0.15, 0.2) is 5.78 Å². The molecule has 0 aliphatic carbocycles. The molecule has 11 heavy (non-hydrogen) atoms. The van der Waals surface area contributed by atoms with Gasteiger partial charge in [0.1, 0.15) is 0 Å². The fraction of sp³-hybridized carbons (Fsp3) is 0.875. The minimum atomic E-state index is -0.0191. The van der Waals surface area contributed by atoms with Crippen LogP contribution in [0.1, 0.15) is 12.8 Å². The average molecular weight is 154 g/mol. The Morgan fingerprint density at radius 1 is 1.45 bits per heavy atom. The van der Waals surface area contributed by atoms with Gasteiger partial charge in [-0.15, -0.1) is 0 Å². The molecule has 0 aromatic carbocycles. The monoisotopic (exact) mass is 154 g/mol. The largest absolute Gasteiger partial charge is 0.324 e. The van der Waals surface area contributed by atoms with E-state index in [1.807, 2.05) is 0 Å². The smallest absolute Gasteiger partial charge is 0.153 e. The number of Topliss-reactive ketones (excluding diaryl/α,β-unsaturated/α-hetero) is 1. The first kappa shape index (κ1) is 7.25. The summed E-state index contributed by atoms with van der Waals surface area (Å²) in [4.78, 5) is 13.8. The van der Waals surface area contributed by atoms with Gasteiger partial charge >= 0.3 is 0 Å². The van der Waals surface area contributed by atoms with E-state index in [-0.39, 0.29) is 17.7 Å². The number of hydrogen-bond acceptors (Lipinski definition) is 3. The molecule has 2 bridgehead atoms. The first-order valence-corrected chi connectivity index (χ1v) is 4.23. The van der Waals surface area contributed by atoms with Crippen molar-refractivity contribution >= 4 is 5.78 Å². The highest BCUT2D eigenvalue weighted by atomic mass is 16.1. The van der Waals surface area contributed by atoms with E-state index < -0.39 is 0 Å². The molecule has 0 radical (unpaired) electrons. The number of nitrogens with two attached hydrogens (primary N) is 1. The predicted molar refractivity (Wildman–Crippen MR) is 42.2 cm³/mol. The standard InChI is InChI=1S/C8H14N2O/c9-5-7(11)8-1-3-10(6-8)4-2-8/h1-6,9H2. The highest BCUT2D eigenvalue weighted by Gasteiger charge is 2.47. The molecule has 2 rings (SSSR count). The van der Waals surface area contributed by atoms with Crippen molar-refractivity contribution in [2.24, 2.45) is 11.1 Å². The molecule has 0 unspecified atom stereocenters. The van der Waals surface area contributed by atoms with E-state index in [0.29, 0.717) is 0 Å². The topological polar surface area (TPSA) is 46.3 Å². The zero-order chi connectivity index (χ0) is 7.90. The van der Waals surface area contributed by atoms with Crippen LogP contribution in [0.2, 0.25) is 0 Å². The molecule has 0 amide bonds. The Kier molecular flexibility index (Phi) is 1.51. The van der Waals surface area contributed by atoms with Gasteiger partial charge in [-0.25, -0.2) is 0 Å². The molecule has 2 fully saturated rings. The van der Waals surface area contributed by atoms with Crippen LogP contribution in [0.5, 0.6) is 0 Å². The fourth-order valence-electron chi connectivity index (χ4n) is 2.31. The molecule has 0 saturated carbocycles. The molecule has 2 aliphatic rings. The number of carbonyl (C=O) groups excluding carboxylic acids is 1. The molecule has 3 heteroatoms. The number of nitrogens with zero attached hydrogens (tertiary/aromatic N) is 1. The van der Waals surface area contributed by atoms with E-state index in [1.54, 1.807) is 0 Å². The molecule has 0 aromatic heterocycles. The summed E-state index contributed by atoms with van der Waals surface area (Å²) in [7, 11) is 0. The lowest BCUT2D eigenvalue weighted by atomic mass is 9.80. The van der Waals surface area contributed by atoms with Gasteiger partial charge in [-0.05, 0) is 25.9 Å². The zero-order valence-electron chi connectivity index (χ0n) is 6.68. The summed E-state index contributed by atoms with van der Waals surface area (Å²) < 4.78 is 0. The highest BCUT2D eigenvalue weighted by Crippen LogP contribution is 2.40. The van der Waals surface area contributed by atoms with E-state index in [1.165, 1.54) is 0 Å². The lowest BCUT2D eigenvalue weighted by Gasteiger charge is -2.22. The summed E-state index contributed by atoms with van der Waals surface area (Å²) in [5.41, 5.74) is 5.34. The Labute approximate surface area is 66.5 Å². The summed E-state index contributed by atoms with van der Waals surface area (Å²) >= 11 is 0. The van der Waals surface area contributed by atoms with Crippen molar-refractivity contribution in [1.82, 2.24) is 4.90 Å². The van der Waals surface area contributed by atoms with E-state index in [0.717, 1.165) is 32.5 Å². The van der Waals surface area contributed by atoms with Crippen molar-refractivity contribution in [2.45, 2.75) is 12.8 Å². The summed E-state index contributed by atoms with van der Waals surface area (Å²) in [5.74, 6) is 0.275. The number of piperidine rings is 1. The van der Waals surface area contributed by atoms with Crippen molar-refractivity contribution < 1.29 is 4.79 Å². The number of carbonyl (C=O) groups is 1. The Morgan fingerprint density at radius 2 is 2.09 bits per heavy atom. The van der Waals surface area contributed by atoms with Crippen molar-refractivity contribution in [2.75, 3.05) is 26.2 Å². The molecule has 2 saturated heterocycles. The number of fused-ring (bicyclic) bond motifs is 2. The van der Waals surface area contributed by atoms with Crippen LogP contribution in [0.15, 0.2) is 0 Å². The third-order valence-electron chi connectivity index (χ3n) is 3.12. The maximum absolute atomic E-state index is 11.4. The third kappa shape index (κ3) is 0.914. The van der Waals surface area contributed by atoms with Gasteiger partial charge in [0, 0.05) is 12.0 Å². The first-order valence-electron chi connectivity index (χ1n) is 4.23. The van der Waals surface area contributed by atoms with Crippen molar-refractivity contribution in [1.29, 1.82) is 0 Å². The van der Waals surface area contributed by atoms with E-state index in [2.05, 4.69) is 4.90 Å². The lowest BCUT2D eigenvalue weighted by molar-refractivity contribution is -0.126. The van der Waals surface area contributed by atoms with Gasteiger partial charge in [-0.3, -0.25) is 4.79 Å². The second kappa shape index (κ2) is 2.29. The lowest BCUT2D eigenvalue weighted by Crippen LogP contribution is -2.35. The van der Waals surface area contributed by atoms with Crippen LogP contribution in [-0.4, -0.2) is 36.9 Å². The molecule has 2 heterocycles. The van der Waals surface area contributed by atoms with Crippen LogP contribution in [0.3, 0.4) is 0 Å². The highest BCUT2D eigenvalue weighted by molar-refractivity contribution is 5.87. The maximum atomic E-state index is 11.4. The summed E-state index contributed by atoms with van der Waals surface area (Å²) in [6, 6.07) is 0. The van der Waals surface area contributed by atoms with E-state index in [9.17, 15) is 4.79 Å². The van der Waals surface area contributed by atoms with Crippen molar-refractivity contribution in [3.8, 4) is 0 Å². The maximum Gasteiger partial charge on any atom is 0.153 e. The third-order valence-corrected chi connectivity index (χ3v) is 3.12. The second-order valence-corrected chi connectivity index (χ2v) is 3.68. The average Bonchev–Trinajstić information content (AvgIpc) is 2.62. The molecule has 2 N–H and O–H groups in total. The number of hydrogen-bond donors (Lipinski definition) is 1. The minimum absolute atomic E-state index is 0.0191.